The minimum atomic E-state index is -1.71. The van der Waals surface area contributed by atoms with Gasteiger partial charge in [0.2, 0.25) is 16.8 Å². The van der Waals surface area contributed by atoms with E-state index in [1.165, 1.54) is 5.57 Å². The van der Waals surface area contributed by atoms with Gasteiger partial charge in [-0.25, -0.2) is 4.21 Å². The van der Waals surface area contributed by atoms with E-state index < -0.39 is 16.8 Å². The lowest BCUT2D eigenvalue weighted by Gasteiger charge is -2.34. The summed E-state index contributed by atoms with van der Waals surface area (Å²) in [6.45, 7) is 5.13. The molecule has 2 amide bonds. The van der Waals surface area contributed by atoms with E-state index >= 15 is 0 Å². The van der Waals surface area contributed by atoms with Gasteiger partial charge < -0.3 is 30.0 Å². The van der Waals surface area contributed by atoms with E-state index in [4.69, 9.17) is 4.42 Å². The van der Waals surface area contributed by atoms with Crippen molar-refractivity contribution in [1.82, 2.24) is 19.5 Å². The number of pyridine rings is 1. The number of nitrogens with one attached hydrogen (secondary N) is 2. The van der Waals surface area contributed by atoms with Crippen molar-refractivity contribution in [2.75, 3.05) is 31.5 Å². The number of phenols is 1. The summed E-state index contributed by atoms with van der Waals surface area (Å²) in [6, 6.07) is 13.8. The van der Waals surface area contributed by atoms with Gasteiger partial charge in [0.25, 0.3) is 11.8 Å². The summed E-state index contributed by atoms with van der Waals surface area (Å²) in [5.74, 6) is 1.18. The minimum absolute atomic E-state index is 0.123. The van der Waals surface area contributed by atoms with Gasteiger partial charge in [0.15, 0.2) is 23.4 Å². The number of phenolic OH excluding ortho intramolecular Hbond substituents is 1. The Hall–Kier alpha value is -4.33. The number of piperazine rings is 1. The van der Waals surface area contributed by atoms with Crippen LogP contribution in [0.3, 0.4) is 0 Å². The second kappa shape index (κ2) is 13.0. The van der Waals surface area contributed by atoms with Gasteiger partial charge in [0.05, 0.1) is 11.3 Å². The van der Waals surface area contributed by atoms with Crippen molar-refractivity contribution >= 4 is 34.5 Å². The molecule has 2 aromatic heterocycles. The molecule has 1 aromatic carbocycles. The lowest BCUT2D eigenvalue weighted by molar-refractivity contribution is -0.738. The molecular formula is C32H38N7O5S+. The highest BCUT2D eigenvalue weighted by Gasteiger charge is 2.45. The Kier molecular flexibility index (Phi) is 8.83. The van der Waals surface area contributed by atoms with E-state index in [9.17, 15) is 18.9 Å². The third kappa shape index (κ3) is 6.70. The maximum absolute atomic E-state index is 13.5. The number of anilines is 1. The van der Waals surface area contributed by atoms with Crippen LogP contribution in [-0.4, -0.2) is 73.6 Å². The number of carbonyl (C=O) groups excluding carboxylic acids is 2. The molecule has 0 radical (unpaired) electrons. The molecular weight excluding hydrogens is 594 g/mol. The van der Waals surface area contributed by atoms with Crippen LogP contribution in [0.25, 0.3) is 0 Å². The normalized spacial score (nSPS) is 22.3. The molecule has 3 unspecified atom stereocenters. The van der Waals surface area contributed by atoms with Crippen molar-refractivity contribution < 1.29 is 28.6 Å². The molecule has 2 aliphatic heterocycles. The van der Waals surface area contributed by atoms with Crippen molar-refractivity contribution in [2.45, 2.75) is 51.2 Å². The Morgan fingerprint density at radius 3 is 2.47 bits per heavy atom. The van der Waals surface area contributed by atoms with Crippen LogP contribution in [0, 0.1) is 6.92 Å². The van der Waals surface area contributed by atoms with Gasteiger partial charge in [-0.05, 0) is 75.1 Å². The standard InChI is InChI=1S/C32H37N7O5S/c1-21-13-14-27(44-21)26(20-22-8-3-4-9-22)35-32(2)31(36-45(43)37-32)34-24-12-7-10-23(28(24)40)29(41)38-16-18-39(19-17-38)30(42)25-11-5-6-15-33-25/h5-7,10-15,20,26,35,37,40H,3-4,8-9,16-19H2,1-2H3,(H,34,36)/p+1. The summed E-state index contributed by atoms with van der Waals surface area (Å²) in [5, 5.41) is 16.4. The second-order valence-corrected chi connectivity index (χ2v) is 12.7. The van der Waals surface area contributed by atoms with Crippen molar-refractivity contribution in [1.29, 1.82) is 0 Å². The van der Waals surface area contributed by atoms with Crippen LogP contribution in [0.2, 0.25) is 0 Å². The highest BCUT2D eigenvalue weighted by molar-refractivity contribution is 7.82. The number of nitrogens with zero attached hydrogens (tertiary/aromatic N) is 4. The van der Waals surface area contributed by atoms with Gasteiger partial charge >= 0.3 is 0 Å². The first kappa shape index (κ1) is 30.7. The molecule has 3 atom stereocenters. The number of quaternary nitrogens is 1. The molecule has 1 saturated carbocycles. The topological polar surface area (TPSA) is 157 Å². The van der Waals surface area contributed by atoms with Crippen LogP contribution < -0.4 is 15.4 Å². The smallest absolute Gasteiger partial charge is 0.272 e. The average molecular weight is 633 g/mol. The van der Waals surface area contributed by atoms with E-state index in [0.29, 0.717) is 37.7 Å². The fraction of sp³-hybridized carbons (Fsp3) is 0.375. The van der Waals surface area contributed by atoms with Gasteiger partial charge in [-0.1, -0.05) is 17.7 Å². The Balaban J connectivity index is 1.17. The first-order chi connectivity index (χ1) is 21.7. The number of aromatic hydroxyl groups is 1. The highest BCUT2D eigenvalue weighted by atomic mass is 32.2. The van der Waals surface area contributed by atoms with Crippen LogP contribution in [0.4, 0.5) is 5.69 Å². The monoisotopic (exact) mass is 632 g/mol. The number of rotatable bonds is 7. The van der Waals surface area contributed by atoms with Gasteiger partial charge in [-0.3, -0.25) is 14.6 Å². The third-order valence-electron chi connectivity index (χ3n) is 8.49. The summed E-state index contributed by atoms with van der Waals surface area (Å²) >= 11 is -1.71. The van der Waals surface area contributed by atoms with Gasteiger partial charge in [-0.15, -0.1) is 0 Å². The van der Waals surface area contributed by atoms with E-state index in [1.54, 1.807) is 52.4 Å². The summed E-state index contributed by atoms with van der Waals surface area (Å²) in [5.41, 5.74) is 1.16. The Bertz CT molecular complexity index is 1660. The zero-order valence-corrected chi connectivity index (χ0v) is 26.2. The first-order valence-electron chi connectivity index (χ1n) is 15.2. The molecule has 3 aromatic rings. The van der Waals surface area contributed by atoms with Crippen molar-refractivity contribution in [3.8, 4) is 5.75 Å². The Labute approximate surface area is 264 Å². The van der Waals surface area contributed by atoms with Gasteiger partial charge in [-0.2, -0.15) is 9.12 Å². The molecule has 1 aliphatic carbocycles. The average Bonchev–Trinajstić information content (AvgIpc) is 3.78. The fourth-order valence-corrected chi connectivity index (χ4v) is 7.00. The number of amides is 2. The van der Waals surface area contributed by atoms with Crippen LogP contribution in [0.1, 0.15) is 71.0 Å². The molecule has 4 heterocycles. The molecule has 3 aliphatic rings. The molecule has 236 valence electrons. The van der Waals surface area contributed by atoms with Crippen molar-refractivity contribution in [2.24, 2.45) is 4.40 Å². The molecule has 5 N–H and O–H groups in total. The van der Waals surface area contributed by atoms with Crippen molar-refractivity contribution in [3.63, 3.8) is 0 Å². The summed E-state index contributed by atoms with van der Waals surface area (Å²) in [6.07, 6.45) is 8.22. The van der Waals surface area contributed by atoms with Gasteiger partial charge in [0, 0.05) is 39.3 Å². The number of benzene rings is 1. The quantitative estimate of drug-likeness (QED) is 0.231. The summed E-state index contributed by atoms with van der Waals surface area (Å²) in [7, 11) is 0. The Morgan fingerprint density at radius 1 is 1.07 bits per heavy atom. The van der Waals surface area contributed by atoms with Crippen LogP contribution >= 0.6 is 0 Å². The number of hydrogen-bond acceptors (Lipinski definition) is 7. The number of hydrogen-bond donors (Lipinski definition) is 4. The molecule has 45 heavy (non-hydrogen) atoms. The number of para-hydroxylation sites is 1. The SMILES string of the molecule is Cc1ccc(C(C=C2CCCC2)[NH2+]C2(C)NS(=O)N=C2Nc2cccc(C(=O)N3CCN(C(=O)c4ccccn4)CC3)c2O)o1. The number of allylic oxidation sites excluding steroid dienone is 1. The number of nitrogens with two attached hydrogens (primary N) is 1. The molecule has 13 heteroatoms. The molecule has 1 saturated heterocycles. The van der Waals surface area contributed by atoms with Crippen LogP contribution in [-0.2, 0) is 11.2 Å². The number of aromatic nitrogens is 1. The fourth-order valence-electron chi connectivity index (χ4n) is 6.03. The third-order valence-corrected chi connectivity index (χ3v) is 9.43. The highest BCUT2D eigenvalue weighted by Crippen LogP contribution is 2.31. The minimum Gasteiger partial charge on any atom is -0.505 e. The number of carbonyl (C=O) groups is 2. The summed E-state index contributed by atoms with van der Waals surface area (Å²) in [4.78, 5) is 33.7. The van der Waals surface area contributed by atoms with Crippen LogP contribution in [0.15, 0.2) is 75.2 Å². The van der Waals surface area contributed by atoms with E-state index in [1.807, 2.05) is 31.3 Å². The van der Waals surface area contributed by atoms with E-state index in [2.05, 4.69) is 25.5 Å². The van der Waals surface area contributed by atoms with E-state index in [0.717, 1.165) is 37.2 Å². The zero-order valence-electron chi connectivity index (χ0n) is 25.4. The van der Waals surface area contributed by atoms with E-state index in [-0.39, 0.29) is 34.9 Å². The van der Waals surface area contributed by atoms with Crippen LogP contribution in [0.5, 0.6) is 5.75 Å². The lowest BCUT2D eigenvalue weighted by atomic mass is 10.0. The maximum Gasteiger partial charge on any atom is 0.272 e. The molecule has 0 bridgehead atoms. The maximum atomic E-state index is 13.5. The molecule has 2 fully saturated rings. The predicted molar refractivity (Wildman–Crippen MR) is 170 cm³/mol. The molecule has 0 spiro atoms. The van der Waals surface area contributed by atoms with Gasteiger partial charge in [0.1, 0.15) is 11.5 Å². The first-order valence-corrected chi connectivity index (χ1v) is 16.3. The predicted octanol–water partition coefficient (Wildman–Crippen LogP) is 2.80. The zero-order chi connectivity index (χ0) is 31.6. The molecule has 12 nitrogen and oxygen atoms in total. The largest absolute Gasteiger partial charge is 0.505 e. The molecule has 6 rings (SSSR count). The summed E-state index contributed by atoms with van der Waals surface area (Å²) < 4.78 is 26.1. The second-order valence-electron chi connectivity index (χ2n) is 11.8. The lowest BCUT2D eigenvalue weighted by Crippen LogP contribution is -3.01. The Morgan fingerprint density at radius 2 is 1.80 bits per heavy atom. The van der Waals surface area contributed by atoms with Crippen molar-refractivity contribution in [3.05, 3.63) is 89.2 Å². The number of furan rings is 1. The number of amidine groups is 1. The number of aryl methyl sites for hydroxylation is 1.